The van der Waals surface area contributed by atoms with Gasteiger partial charge in [0, 0.05) is 13.1 Å². The van der Waals surface area contributed by atoms with Gasteiger partial charge in [-0.15, -0.1) is 0 Å². The Labute approximate surface area is 107 Å². The predicted molar refractivity (Wildman–Crippen MR) is 70.4 cm³/mol. The predicted octanol–water partition coefficient (Wildman–Crippen LogP) is 2.22. The van der Waals surface area contributed by atoms with Gasteiger partial charge in [-0.3, -0.25) is 4.79 Å². The first-order valence-electron chi connectivity index (χ1n) is 6.06. The highest BCUT2D eigenvalue weighted by Crippen LogP contribution is 2.41. The zero-order chi connectivity index (χ0) is 13.4. The van der Waals surface area contributed by atoms with Gasteiger partial charge in [0.15, 0.2) is 0 Å². The molecule has 1 aliphatic rings. The molecule has 0 saturated heterocycles. The third kappa shape index (κ3) is 2.15. The third-order valence-electron chi connectivity index (χ3n) is 3.75. The monoisotopic (exact) mass is 249 g/mol. The number of aliphatic carboxylic acids is 1. The van der Waals surface area contributed by atoms with Crippen molar-refractivity contribution in [3.8, 4) is 5.75 Å². The smallest absolute Gasteiger partial charge is 0.308 e. The Bertz CT molecular complexity index is 484. The van der Waals surface area contributed by atoms with Crippen LogP contribution in [-0.2, 0) is 4.79 Å². The lowest BCUT2D eigenvalue weighted by Gasteiger charge is -2.23. The first kappa shape index (κ1) is 12.7. The van der Waals surface area contributed by atoms with E-state index >= 15 is 0 Å². The molecule has 2 unspecified atom stereocenters. The number of hydrogen-bond acceptors (Lipinski definition) is 3. The summed E-state index contributed by atoms with van der Waals surface area (Å²) < 4.78 is 5.39. The van der Waals surface area contributed by atoms with Gasteiger partial charge in [0.25, 0.3) is 0 Å². The molecule has 1 N–H and O–H groups in total. The molecule has 2 rings (SSSR count). The van der Waals surface area contributed by atoms with Crippen LogP contribution in [0, 0.1) is 19.8 Å². The van der Waals surface area contributed by atoms with Gasteiger partial charge in [0.2, 0.25) is 0 Å². The summed E-state index contributed by atoms with van der Waals surface area (Å²) in [5.74, 6) is -0.160. The fourth-order valence-corrected chi connectivity index (χ4v) is 2.27. The van der Waals surface area contributed by atoms with Crippen molar-refractivity contribution in [1.29, 1.82) is 0 Å². The van der Waals surface area contributed by atoms with E-state index in [1.165, 1.54) is 11.1 Å². The lowest BCUT2D eigenvalue weighted by molar-refractivity contribution is -0.138. The maximum absolute atomic E-state index is 10.9. The van der Waals surface area contributed by atoms with E-state index in [0.29, 0.717) is 6.42 Å². The highest BCUT2D eigenvalue weighted by molar-refractivity contribution is 5.76. The zero-order valence-electron chi connectivity index (χ0n) is 11.2. The summed E-state index contributed by atoms with van der Waals surface area (Å²) >= 11 is 0. The summed E-state index contributed by atoms with van der Waals surface area (Å²) in [6.07, 6.45) is 0.710. The molecule has 0 spiro atoms. The molecule has 0 aromatic heterocycles. The number of methoxy groups -OCH3 is 1. The van der Waals surface area contributed by atoms with Crippen LogP contribution in [0.1, 0.15) is 17.5 Å². The maximum Gasteiger partial charge on any atom is 0.308 e. The molecule has 0 amide bonds. The number of rotatable bonds is 4. The van der Waals surface area contributed by atoms with Crippen LogP contribution in [-0.4, -0.2) is 31.3 Å². The third-order valence-corrected chi connectivity index (χ3v) is 3.75. The number of anilines is 1. The molecule has 98 valence electrons. The quantitative estimate of drug-likeness (QED) is 0.889. The van der Waals surface area contributed by atoms with E-state index in [1.54, 1.807) is 7.11 Å². The molecule has 1 aromatic carbocycles. The van der Waals surface area contributed by atoms with Crippen LogP contribution >= 0.6 is 0 Å². The Kier molecular flexibility index (Phi) is 3.20. The molecule has 18 heavy (non-hydrogen) atoms. The molecule has 0 aliphatic heterocycles. The standard InChI is InChI=1S/C14H19NO3/c1-8-5-12(13(18-4)6-9(8)2)15(3)11-7-10(11)14(16)17/h5-6,10-11H,7H2,1-4H3,(H,16,17). The van der Waals surface area contributed by atoms with Crippen LogP contribution in [0.2, 0.25) is 0 Å². The number of nitrogens with zero attached hydrogens (tertiary/aromatic N) is 1. The number of ether oxygens (including phenoxy) is 1. The molecular formula is C14H19NO3. The molecule has 1 saturated carbocycles. The molecule has 1 aliphatic carbocycles. The highest BCUT2D eigenvalue weighted by atomic mass is 16.5. The second-order valence-electron chi connectivity index (χ2n) is 4.97. The Morgan fingerprint density at radius 1 is 1.39 bits per heavy atom. The summed E-state index contributed by atoms with van der Waals surface area (Å²) in [6.45, 7) is 4.09. The Morgan fingerprint density at radius 2 is 2.00 bits per heavy atom. The van der Waals surface area contributed by atoms with Crippen molar-refractivity contribution >= 4 is 11.7 Å². The van der Waals surface area contributed by atoms with Gasteiger partial charge < -0.3 is 14.7 Å². The summed E-state index contributed by atoms with van der Waals surface area (Å²) in [7, 11) is 3.57. The van der Waals surface area contributed by atoms with E-state index in [9.17, 15) is 4.79 Å². The van der Waals surface area contributed by atoms with Gasteiger partial charge >= 0.3 is 5.97 Å². The highest BCUT2D eigenvalue weighted by Gasteiger charge is 2.46. The Hall–Kier alpha value is -1.71. The average molecular weight is 249 g/mol. The Balaban J connectivity index is 2.28. The second-order valence-corrected chi connectivity index (χ2v) is 4.97. The lowest BCUT2D eigenvalue weighted by Crippen LogP contribution is -2.24. The molecule has 4 heteroatoms. The number of carbonyl (C=O) groups is 1. The van der Waals surface area contributed by atoms with E-state index in [-0.39, 0.29) is 12.0 Å². The first-order chi connectivity index (χ1) is 8.45. The average Bonchev–Trinajstić information content (AvgIpc) is 3.11. The number of aryl methyl sites for hydroxylation is 2. The van der Waals surface area contributed by atoms with Crippen LogP contribution < -0.4 is 9.64 Å². The van der Waals surface area contributed by atoms with Crippen molar-refractivity contribution in [2.75, 3.05) is 19.1 Å². The summed E-state index contributed by atoms with van der Waals surface area (Å²) in [6, 6.07) is 4.14. The summed E-state index contributed by atoms with van der Waals surface area (Å²) in [5, 5.41) is 8.99. The van der Waals surface area contributed by atoms with E-state index in [4.69, 9.17) is 9.84 Å². The van der Waals surface area contributed by atoms with Gasteiger partial charge in [-0.25, -0.2) is 0 Å². The minimum atomic E-state index is -0.713. The molecule has 2 atom stereocenters. The van der Waals surface area contributed by atoms with Gasteiger partial charge in [-0.05, 0) is 43.5 Å². The van der Waals surface area contributed by atoms with E-state index in [1.807, 2.05) is 31.9 Å². The van der Waals surface area contributed by atoms with Crippen LogP contribution in [0.4, 0.5) is 5.69 Å². The van der Waals surface area contributed by atoms with Crippen molar-refractivity contribution in [3.63, 3.8) is 0 Å². The van der Waals surface area contributed by atoms with Crippen LogP contribution in [0.3, 0.4) is 0 Å². The molecule has 1 aromatic rings. The van der Waals surface area contributed by atoms with Crippen LogP contribution in [0.25, 0.3) is 0 Å². The normalized spacial score (nSPS) is 21.6. The first-order valence-corrected chi connectivity index (χ1v) is 6.06. The minimum Gasteiger partial charge on any atom is -0.495 e. The zero-order valence-corrected chi connectivity index (χ0v) is 11.2. The van der Waals surface area contributed by atoms with Crippen molar-refractivity contribution in [2.45, 2.75) is 26.3 Å². The van der Waals surface area contributed by atoms with E-state index in [2.05, 4.69) is 6.07 Å². The van der Waals surface area contributed by atoms with Crippen LogP contribution in [0.15, 0.2) is 12.1 Å². The van der Waals surface area contributed by atoms with Gasteiger partial charge in [-0.2, -0.15) is 0 Å². The van der Waals surface area contributed by atoms with E-state index in [0.717, 1.165) is 11.4 Å². The summed E-state index contributed by atoms with van der Waals surface area (Å²) in [5.41, 5.74) is 3.33. The van der Waals surface area contributed by atoms with Crippen LogP contribution in [0.5, 0.6) is 5.75 Å². The van der Waals surface area contributed by atoms with Crippen molar-refractivity contribution in [3.05, 3.63) is 23.3 Å². The van der Waals surface area contributed by atoms with E-state index < -0.39 is 5.97 Å². The van der Waals surface area contributed by atoms with Crippen molar-refractivity contribution in [1.82, 2.24) is 0 Å². The van der Waals surface area contributed by atoms with Gasteiger partial charge in [0.05, 0.1) is 18.7 Å². The molecule has 4 nitrogen and oxygen atoms in total. The van der Waals surface area contributed by atoms with Gasteiger partial charge in [0.1, 0.15) is 5.75 Å². The largest absolute Gasteiger partial charge is 0.495 e. The fourth-order valence-electron chi connectivity index (χ4n) is 2.27. The maximum atomic E-state index is 10.9. The number of carboxylic acid groups (broad SMARTS) is 1. The molecule has 1 fully saturated rings. The van der Waals surface area contributed by atoms with Gasteiger partial charge in [-0.1, -0.05) is 0 Å². The molecule has 0 bridgehead atoms. The molecule has 0 radical (unpaired) electrons. The Morgan fingerprint density at radius 3 is 2.50 bits per heavy atom. The number of hydrogen-bond donors (Lipinski definition) is 1. The number of benzene rings is 1. The molecule has 0 heterocycles. The summed E-state index contributed by atoms with van der Waals surface area (Å²) in [4.78, 5) is 12.9. The topological polar surface area (TPSA) is 49.8 Å². The van der Waals surface area contributed by atoms with Crippen molar-refractivity contribution < 1.29 is 14.6 Å². The molecular weight excluding hydrogens is 230 g/mol. The SMILES string of the molecule is COc1cc(C)c(C)cc1N(C)C1CC1C(=O)O. The fraction of sp³-hybridized carbons (Fsp3) is 0.500. The van der Waals surface area contributed by atoms with Crippen molar-refractivity contribution in [2.24, 2.45) is 5.92 Å². The second kappa shape index (κ2) is 4.52. The number of carboxylic acids is 1. The minimum absolute atomic E-state index is 0.0820. The lowest BCUT2D eigenvalue weighted by atomic mass is 10.1.